The van der Waals surface area contributed by atoms with Gasteiger partial charge in [0, 0.05) is 0 Å². The lowest BCUT2D eigenvalue weighted by Gasteiger charge is -2.09. The zero-order valence-electron chi connectivity index (χ0n) is 13.3. The molecule has 24 heavy (non-hydrogen) atoms. The van der Waals surface area contributed by atoms with Crippen molar-refractivity contribution in [2.45, 2.75) is 6.92 Å². The van der Waals surface area contributed by atoms with E-state index in [4.69, 9.17) is 4.74 Å². The van der Waals surface area contributed by atoms with Crippen LogP contribution in [0.5, 0.6) is 5.75 Å². The third kappa shape index (κ3) is 5.39. The van der Waals surface area contributed by atoms with Crippen molar-refractivity contribution in [1.29, 1.82) is 0 Å². The normalized spacial score (nSPS) is 10.1. The van der Waals surface area contributed by atoms with E-state index in [9.17, 15) is 14.0 Å². The minimum absolute atomic E-state index is 0.0898. The average Bonchev–Trinajstić information content (AvgIpc) is 2.58. The van der Waals surface area contributed by atoms with Crippen molar-refractivity contribution >= 4 is 11.8 Å². The second-order valence-electron chi connectivity index (χ2n) is 5.17. The van der Waals surface area contributed by atoms with Crippen LogP contribution in [-0.4, -0.2) is 31.5 Å². The zero-order valence-corrected chi connectivity index (χ0v) is 13.3. The van der Waals surface area contributed by atoms with Gasteiger partial charge < -0.3 is 15.4 Å². The van der Waals surface area contributed by atoms with Crippen molar-refractivity contribution in [2.75, 3.05) is 19.7 Å². The Balaban J connectivity index is 1.65. The van der Waals surface area contributed by atoms with Gasteiger partial charge in [-0.2, -0.15) is 0 Å². The van der Waals surface area contributed by atoms with Gasteiger partial charge in [-0.3, -0.25) is 9.59 Å². The summed E-state index contributed by atoms with van der Waals surface area (Å²) in [7, 11) is 0. The molecule has 0 saturated carbocycles. The molecule has 0 aliphatic heterocycles. The highest BCUT2D eigenvalue weighted by molar-refractivity contribution is 5.96. The molecule has 2 aromatic rings. The molecule has 0 aromatic heterocycles. The van der Waals surface area contributed by atoms with E-state index >= 15 is 0 Å². The molecule has 0 heterocycles. The maximum Gasteiger partial charge on any atom is 0.254 e. The number of carbonyl (C=O) groups is 2. The Morgan fingerprint density at radius 1 is 1.04 bits per heavy atom. The van der Waals surface area contributed by atoms with Gasteiger partial charge in [0.2, 0.25) is 5.91 Å². The molecule has 5 nitrogen and oxygen atoms in total. The van der Waals surface area contributed by atoms with E-state index in [0.717, 1.165) is 11.3 Å². The maximum absolute atomic E-state index is 13.4. The molecule has 2 N–H and O–H groups in total. The summed E-state index contributed by atoms with van der Waals surface area (Å²) >= 11 is 0. The number of carbonyl (C=O) groups excluding carboxylic acids is 2. The largest absolute Gasteiger partial charge is 0.492 e. The van der Waals surface area contributed by atoms with E-state index in [-0.39, 0.29) is 18.0 Å². The smallest absolute Gasteiger partial charge is 0.254 e. The van der Waals surface area contributed by atoms with Crippen molar-refractivity contribution in [3.63, 3.8) is 0 Å². The first-order valence-corrected chi connectivity index (χ1v) is 7.55. The van der Waals surface area contributed by atoms with Crippen LogP contribution >= 0.6 is 0 Å². The number of aryl methyl sites for hydroxylation is 1. The molecule has 126 valence electrons. The van der Waals surface area contributed by atoms with E-state index in [1.807, 2.05) is 31.2 Å². The predicted octanol–water partition coefficient (Wildman–Crippen LogP) is 2.06. The van der Waals surface area contributed by atoms with Gasteiger partial charge in [-0.15, -0.1) is 0 Å². The van der Waals surface area contributed by atoms with Gasteiger partial charge in [0.1, 0.15) is 18.2 Å². The number of hydrogen-bond donors (Lipinski definition) is 2. The van der Waals surface area contributed by atoms with Gasteiger partial charge in [-0.25, -0.2) is 4.39 Å². The Bertz CT molecular complexity index is 702. The van der Waals surface area contributed by atoms with Crippen molar-refractivity contribution in [3.05, 3.63) is 65.5 Å². The van der Waals surface area contributed by atoms with Crippen molar-refractivity contribution in [3.8, 4) is 5.75 Å². The second-order valence-corrected chi connectivity index (χ2v) is 5.17. The molecule has 2 aromatic carbocycles. The molecule has 0 atom stereocenters. The fraction of sp³-hybridized carbons (Fsp3) is 0.222. The Labute approximate surface area is 139 Å². The predicted molar refractivity (Wildman–Crippen MR) is 88.4 cm³/mol. The molecule has 2 rings (SSSR count). The van der Waals surface area contributed by atoms with Crippen molar-refractivity contribution < 1.29 is 18.7 Å². The van der Waals surface area contributed by atoms with Gasteiger partial charge in [0.15, 0.2) is 0 Å². The molecule has 0 aliphatic rings. The first-order chi connectivity index (χ1) is 11.6. The molecule has 2 amide bonds. The molecule has 0 bridgehead atoms. The van der Waals surface area contributed by atoms with Crippen LogP contribution in [0.2, 0.25) is 0 Å². The van der Waals surface area contributed by atoms with Crippen LogP contribution < -0.4 is 15.4 Å². The summed E-state index contributed by atoms with van der Waals surface area (Å²) in [5.41, 5.74) is 1.05. The van der Waals surface area contributed by atoms with E-state index in [1.165, 1.54) is 18.2 Å². The number of nitrogens with one attached hydrogen (secondary N) is 2. The van der Waals surface area contributed by atoms with Gasteiger partial charge in [-0.05, 0) is 31.2 Å². The van der Waals surface area contributed by atoms with Crippen LogP contribution in [0.25, 0.3) is 0 Å². The van der Waals surface area contributed by atoms with Crippen molar-refractivity contribution in [1.82, 2.24) is 10.6 Å². The van der Waals surface area contributed by atoms with Gasteiger partial charge in [0.25, 0.3) is 5.91 Å². The summed E-state index contributed by atoms with van der Waals surface area (Å²) in [5.74, 6) is -0.893. The monoisotopic (exact) mass is 330 g/mol. The molecular weight excluding hydrogens is 311 g/mol. The lowest BCUT2D eigenvalue weighted by Crippen LogP contribution is -2.38. The quantitative estimate of drug-likeness (QED) is 0.764. The van der Waals surface area contributed by atoms with Gasteiger partial charge in [0.05, 0.1) is 18.7 Å². The number of hydrogen-bond acceptors (Lipinski definition) is 3. The second kappa shape index (κ2) is 8.67. The summed E-state index contributed by atoms with van der Waals surface area (Å²) in [6, 6.07) is 13.2. The minimum atomic E-state index is -0.626. The Morgan fingerprint density at radius 2 is 1.75 bits per heavy atom. The fourth-order valence-corrected chi connectivity index (χ4v) is 1.96. The van der Waals surface area contributed by atoms with Gasteiger partial charge in [-0.1, -0.05) is 29.8 Å². The third-order valence-corrected chi connectivity index (χ3v) is 3.24. The first-order valence-electron chi connectivity index (χ1n) is 7.55. The number of amides is 2. The van der Waals surface area contributed by atoms with Crippen LogP contribution in [0.1, 0.15) is 15.9 Å². The summed E-state index contributed by atoms with van der Waals surface area (Å²) < 4.78 is 18.9. The number of ether oxygens (including phenoxy) is 1. The van der Waals surface area contributed by atoms with E-state index in [0.29, 0.717) is 13.2 Å². The van der Waals surface area contributed by atoms with Gasteiger partial charge >= 0.3 is 0 Å². The molecule has 0 aliphatic carbocycles. The highest BCUT2D eigenvalue weighted by Crippen LogP contribution is 2.10. The standard InChI is InChI=1S/C18H19FN2O3/c1-13-6-8-14(9-7-13)24-11-10-20-17(22)12-21-18(23)15-4-2-3-5-16(15)19/h2-9H,10-12H2,1H3,(H,20,22)(H,21,23). The Morgan fingerprint density at radius 3 is 2.46 bits per heavy atom. The van der Waals surface area contributed by atoms with E-state index in [2.05, 4.69) is 10.6 Å². The minimum Gasteiger partial charge on any atom is -0.492 e. The van der Waals surface area contributed by atoms with E-state index in [1.54, 1.807) is 6.07 Å². The van der Waals surface area contributed by atoms with Crippen LogP contribution in [0.4, 0.5) is 4.39 Å². The number of rotatable bonds is 7. The summed E-state index contributed by atoms with van der Waals surface area (Å²) in [4.78, 5) is 23.4. The summed E-state index contributed by atoms with van der Waals surface area (Å²) in [6.45, 7) is 2.38. The molecule has 0 unspecified atom stereocenters. The van der Waals surface area contributed by atoms with E-state index < -0.39 is 11.7 Å². The van der Waals surface area contributed by atoms with Crippen LogP contribution in [0, 0.1) is 12.7 Å². The zero-order chi connectivity index (χ0) is 17.4. The lowest BCUT2D eigenvalue weighted by molar-refractivity contribution is -0.120. The number of benzene rings is 2. The molecular formula is C18H19FN2O3. The van der Waals surface area contributed by atoms with Crippen LogP contribution in [-0.2, 0) is 4.79 Å². The Kier molecular flexibility index (Phi) is 6.31. The molecule has 6 heteroatoms. The average molecular weight is 330 g/mol. The maximum atomic E-state index is 13.4. The summed E-state index contributed by atoms with van der Waals surface area (Å²) in [5, 5.41) is 4.99. The number of halogens is 1. The SMILES string of the molecule is Cc1ccc(OCCNC(=O)CNC(=O)c2ccccc2F)cc1. The van der Waals surface area contributed by atoms with Crippen LogP contribution in [0.15, 0.2) is 48.5 Å². The molecule has 0 saturated heterocycles. The topological polar surface area (TPSA) is 67.4 Å². The highest BCUT2D eigenvalue weighted by atomic mass is 19.1. The highest BCUT2D eigenvalue weighted by Gasteiger charge is 2.11. The van der Waals surface area contributed by atoms with Crippen LogP contribution in [0.3, 0.4) is 0 Å². The summed E-state index contributed by atoms with van der Waals surface area (Å²) in [6.07, 6.45) is 0. The first kappa shape index (κ1) is 17.5. The Hall–Kier alpha value is -2.89. The lowest BCUT2D eigenvalue weighted by atomic mass is 10.2. The van der Waals surface area contributed by atoms with Crippen molar-refractivity contribution in [2.24, 2.45) is 0 Å². The third-order valence-electron chi connectivity index (χ3n) is 3.24. The fourth-order valence-electron chi connectivity index (χ4n) is 1.96. The molecule has 0 spiro atoms. The molecule has 0 radical (unpaired) electrons. The molecule has 0 fully saturated rings.